The molecule has 1 amide bonds. The Hall–Kier alpha value is -1.10. The van der Waals surface area contributed by atoms with Crippen LogP contribution < -0.4 is 5.32 Å². The largest absolute Gasteiger partial charge is 0.481 e. The molecule has 5 nitrogen and oxygen atoms in total. The third-order valence-electron chi connectivity index (χ3n) is 4.63. The standard InChI is InChI=1S/C15H27NO4/c1-9(2)20-8-13(17)16-12-7-6-11(14(18)19)15(4,5)10(12)3/h9-12H,6-8H2,1-5H3,(H,16,17)(H,18,19). The molecule has 3 atom stereocenters. The van der Waals surface area contributed by atoms with Crippen LogP contribution in [0.3, 0.4) is 0 Å². The van der Waals surface area contributed by atoms with Gasteiger partial charge in [0.25, 0.3) is 0 Å². The molecular weight excluding hydrogens is 258 g/mol. The van der Waals surface area contributed by atoms with Crippen LogP contribution in [0.1, 0.15) is 47.5 Å². The first-order valence-electron chi connectivity index (χ1n) is 7.30. The minimum atomic E-state index is -0.741. The van der Waals surface area contributed by atoms with Crippen LogP contribution in [0.4, 0.5) is 0 Å². The second-order valence-electron chi connectivity index (χ2n) is 6.61. The summed E-state index contributed by atoms with van der Waals surface area (Å²) in [5.74, 6) is -1.10. The topological polar surface area (TPSA) is 75.6 Å². The number of hydrogen-bond donors (Lipinski definition) is 2. The Bertz CT molecular complexity index is 365. The van der Waals surface area contributed by atoms with Crippen molar-refractivity contribution in [3.63, 3.8) is 0 Å². The van der Waals surface area contributed by atoms with Crippen LogP contribution in [0.15, 0.2) is 0 Å². The third-order valence-corrected chi connectivity index (χ3v) is 4.63. The van der Waals surface area contributed by atoms with E-state index in [0.29, 0.717) is 12.8 Å². The lowest BCUT2D eigenvalue weighted by Gasteiger charge is -2.46. The number of carbonyl (C=O) groups is 2. The molecule has 0 bridgehead atoms. The van der Waals surface area contributed by atoms with Gasteiger partial charge in [-0.15, -0.1) is 0 Å². The summed E-state index contributed by atoms with van der Waals surface area (Å²) >= 11 is 0. The first-order valence-corrected chi connectivity index (χ1v) is 7.30. The molecule has 1 aliphatic carbocycles. The van der Waals surface area contributed by atoms with Crippen molar-refractivity contribution >= 4 is 11.9 Å². The van der Waals surface area contributed by atoms with Crippen molar-refractivity contribution in [2.45, 2.75) is 59.6 Å². The monoisotopic (exact) mass is 285 g/mol. The van der Waals surface area contributed by atoms with Crippen molar-refractivity contribution in [2.75, 3.05) is 6.61 Å². The molecule has 5 heteroatoms. The lowest BCUT2D eigenvalue weighted by atomic mass is 9.61. The molecule has 0 heterocycles. The van der Waals surface area contributed by atoms with E-state index >= 15 is 0 Å². The Balaban J connectivity index is 2.62. The molecule has 0 radical (unpaired) electrons. The van der Waals surface area contributed by atoms with Crippen molar-refractivity contribution < 1.29 is 19.4 Å². The van der Waals surface area contributed by atoms with Crippen molar-refractivity contribution in [2.24, 2.45) is 17.3 Å². The molecule has 1 fully saturated rings. The van der Waals surface area contributed by atoms with Gasteiger partial charge in [-0.1, -0.05) is 20.8 Å². The molecule has 2 N–H and O–H groups in total. The lowest BCUT2D eigenvalue weighted by Crippen LogP contribution is -2.53. The Kier molecular flexibility index (Phi) is 5.57. The molecule has 0 aromatic carbocycles. The Morgan fingerprint density at radius 1 is 1.35 bits per heavy atom. The summed E-state index contributed by atoms with van der Waals surface area (Å²) in [4.78, 5) is 23.1. The average Bonchev–Trinajstić information content (AvgIpc) is 2.32. The zero-order valence-electron chi connectivity index (χ0n) is 13.1. The van der Waals surface area contributed by atoms with E-state index in [1.165, 1.54) is 0 Å². The summed E-state index contributed by atoms with van der Waals surface area (Å²) in [6.07, 6.45) is 1.33. The highest BCUT2D eigenvalue weighted by Crippen LogP contribution is 2.45. The SMILES string of the molecule is CC(C)OCC(=O)NC1CCC(C(=O)O)C(C)(C)C1C. The Morgan fingerprint density at radius 2 is 1.95 bits per heavy atom. The molecule has 1 saturated carbocycles. The zero-order chi connectivity index (χ0) is 15.5. The molecule has 3 unspecified atom stereocenters. The van der Waals surface area contributed by atoms with Crippen LogP contribution in [0, 0.1) is 17.3 Å². The third kappa shape index (κ3) is 3.95. The smallest absolute Gasteiger partial charge is 0.307 e. The van der Waals surface area contributed by atoms with Crippen molar-refractivity contribution in [1.29, 1.82) is 0 Å². The second-order valence-corrected chi connectivity index (χ2v) is 6.61. The first-order chi connectivity index (χ1) is 9.16. The van der Waals surface area contributed by atoms with Gasteiger partial charge in [-0.2, -0.15) is 0 Å². The summed E-state index contributed by atoms with van der Waals surface area (Å²) in [5, 5.41) is 12.3. The Morgan fingerprint density at radius 3 is 2.45 bits per heavy atom. The molecule has 0 aromatic rings. The van der Waals surface area contributed by atoms with Crippen LogP contribution in [0.25, 0.3) is 0 Å². The van der Waals surface area contributed by atoms with Gasteiger partial charge in [-0.3, -0.25) is 9.59 Å². The van der Waals surface area contributed by atoms with E-state index in [1.54, 1.807) is 0 Å². The highest BCUT2D eigenvalue weighted by atomic mass is 16.5. The molecule has 0 saturated heterocycles. The van der Waals surface area contributed by atoms with Crippen LogP contribution in [0.2, 0.25) is 0 Å². The van der Waals surface area contributed by atoms with Gasteiger partial charge >= 0.3 is 5.97 Å². The fourth-order valence-electron chi connectivity index (χ4n) is 2.93. The number of ether oxygens (including phenoxy) is 1. The predicted octanol–water partition coefficient (Wildman–Crippen LogP) is 2.05. The van der Waals surface area contributed by atoms with Crippen molar-refractivity contribution in [3.05, 3.63) is 0 Å². The van der Waals surface area contributed by atoms with Gasteiger partial charge in [0, 0.05) is 6.04 Å². The number of carboxylic acid groups (broad SMARTS) is 1. The summed E-state index contributed by atoms with van der Waals surface area (Å²) in [6.45, 7) is 9.79. The summed E-state index contributed by atoms with van der Waals surface area (Å²) < 4.78 is 5.29. The van der Waals surface area contributed by atoms with Gasteiger partial charge in [0.1, 0.15) is 6.61 Å². The van der Waals surface area contributed by atoms with Gasteiger partial charge in [0.15, 0.2) is 0 Å². The fourth-order valence-corrected chi connectivity index (χ4v) is 2.93. The van der Waals surface area contributed by atoms with Crippen LogP contribution in [-0.2, 0) is 14.3 Å². The van der Waals surface area contributed by atoms with E-state index < -0.39 is 5.97 Å². The highest BCUT2D eigenvalue weighted by molar-refractivity contribution is 5.77. The molecular formula is C15H27NO4. The van der Waals surface area contributed by atoms with E-state index in [0.717, 1.165) is 0 Å². The quantitative estimate of drug-likeness (QED) is 0.810. The number of nitrogens with one attached hydrogen (secondary N) is 1. The van der Waals surface area contributed by atoms with Crippen LogP contribution in [-0.4, -0.2) is 35.7 Å². The normalized spacial score (nSPS) is 29.2. The van der Waals surface area contributed by atoms with Gasteiger partial charge < -0.3 is 15.2 Å². The number of carbonyl (C=O) groups excluding carboxylic acids is 1. The summed E-state index contributed by atoms with van der Waals surface area (Å²) in [5.41, 5.74) is -0.332. The molecule has 0 aromatic heterocycles. The number of carboxylic acids is 1. The maximum absolute atomic E-state index is 11.8. The van der Waals surface area contributed by atoms with Crippen LogP contribution in [0.5, 0.6) is 0 Å². The second kappa shape index (κ2) is 6.57. The molecule has 0 spiro atoms. The number of aliphatic carboxylic acids is 1. The van der Waals surface area contributed by atoms with E-state index in [9.17, 15) is 14.7 Å². The molecule has 0 aliphatic heterocycles. The minimum absolute atomic E-state index is 0.0175. The fraction of sp³-hybridized carbons (Fsp3) is 0.867. The van der Waals surface area contributed by atoms with E-state index in [1.807, 2.05) is 34.6 Å². The minimum Gasteiger partial charge on any atom is -0.481 e. The van der Waals surface area contributed by atoms with Crippen LogP contribution >= 0.6 is 0 Å². The van der Waals surface area contributed by atoms with Crippen molar-refractivity contribution in [1.82, 2.24) is 5.32 Å². The average molecular weight is 285 g/mol. The number of rotatable bonds is 5. The highest BCUT2D eigenvalue weighted by Gasteiger charge is 2.46. The summed E-state index contributed by atoms with van der Waals surface area (Å²) in [7, 11) is 0. The first kappa shape index (κ1) is 17.0. The summed E-state index contributed by atoms with van der Waals surface area (Å²) in [6, 6.07) is 0.0175. The van der Waals surface area contributed by atoms with E-state index in [4.69, 9.17) is 4.74 Å². The van der Waals surface area contributed by atoms with Gasteiger partial charge in [0.05, 0.1) is 12.0 Å². The van der Waals surface area contributed by atoms with Crippen molar-refractivity contribution in [3.8, 4) is 0 Å². The maximum Gasteiger partial charge on any atom is 0.307 e. The van der Waals surface area contributed by atoms with E-state index in [-0.39, 0.29) is 41.9 Å². The maximum atomic E-state index is 11.8. The number of amides is 1. The molecule has 1 aliphatic rings. The number of hydrogen-bond acceptors (Lipinski definition) is 3. The molecule has 20 heavy (non-hydrogen) atoms. The lowest BCUT2D eigenvalue weighted by molar-refractivity contribution is -0.150. The van der Waals surface area contributed by atoms with Gasteiger partial charge in [-0.25, -0.2) is 0 Å². The van der Waals surface area contributed by atoms with Gasteiger partial charge in [-0.05, 0) is 38.0 Å². The predicted molar refractivity (Wildman–Crippen MR) is 76.3 cm³/mol. The zero-order valence-corrected chi connectivity index (χ0v) is 13.1. The van der Waals surface area contributed by atoms with E-state index in [2.05, 4.69) is 5.32 Å². The molecule has 116 valence electrons. The molecule has 1 rings (SSSR count). The Labute approximate surface area is 121 Å². The van der Waals surface area contributed by atoms with Gasteiger partial charge in [0.2, 0.25) is 5.91 Å².